The maximum Gasteiger partial charge on any atom is 0.212 e. The summed E-state index contributed by atoms with van der Waals surface area (Å²) in [4.78, 5) is 3.97. The topological polar surface area (TPSA) is 22.1 Å². The van der Waals surface area contributed by atoms with Crippen molar-refractivity contribution in [1.82, 2.24) is 4.98 Å². The van der Waals surface area contributed by atoms with Crippen LogP contribution in [0.3, 0.4) is 0 Å². The third-order valence-electron chi connectivity index (χ3n) is 1.09. The fraction of sp³-hybridized carbons (Fsp3) is 0.167. The normalized spacial score (nSPS) is 9.00. The minimum absolute atomic E-state index is 0.667. The molecule has 0 N–H and O–H groups in total. The van der Waals surface area contributed by atoms with Gasteiger partial charge in [0.15, 0.2) is 0 Å². The van der Waals surface area contributed by atoms with Crippen molar-refractivity contribution in [3.63, 3.8) is 0 Å². The predicted molar refractivity (Wildman–Crippen MR) is 39.0 cm³/mol. The third kappa shape index (κ3) is 1.45. The monoisotopic (exact) mass is 121 g/mol. The molecule has 0 aliphatic carbocycles. The molecule has 0 spiro atoms. The second-order valence-electron chi connectivity index (χ2n) is 1.88. The second-order valence-corrected chi connectivity index (χ2v) is 1.88. The standard InChI is InChI=1S/C6H8BNO/c1-9-6-3-2-5(7)4-8-6/h2-4H,7H2,1H3. The summed E-state index contributed by atoms with van der Waals surface area (Å²) in [5.41, 5.74) is 1.15. The van der Waals surface area contributed by atoms with Crippen LogP contribution < -0.4 is 10.2 Å². The van der Waals surface area contributed by atoms with E-state index >= 15 is 0 Å². The van der Waals surface area contributed by atoms with Crippen LogP contribution >= 0.6 is 0 Å². The molecule has 0 bridgehead atoms. The summed E-state index contributed by atoms with van der Waals surface area (Å²) < 4.78 is 4.86. The van der Waals surface area contributed by atoms with Gasteiger partial charge in [-0.3, -0.25) is 0 Å². The largest absolute Gasteiger partial charge is 0.481 e. The Kier molecular flexibility index (Phi) is 1.73. The van der Waals surface area contributed by atoms with Crippen molar-refractivity contribution < 1.29 is 4.74 Å². The van der Waals surface area contributed by atoms with Crippen LogP contribution in [-0.2, 0) is 0 Å². The molecule has 2 nitrogen and oxygen atoms in total. The molecule has 0 aliphatic heterocycles. The van der Waals surface area contributed by atoms with E-state index in [1.165, 1.54) is 0 Å². The lowest BCUT2D eigenvalue weighted by Crippen LogP contribution is -2.02. The first-order valence-electron chi connectivity index (χ1n) is 2.79. The summed E-state index contributed by atoms with van der Waals surface area (Å²) in [5, 5.41) is 0. The second kappa shape index (κ2) is 2.53. The Bertz CT molecular complexity index is 185. The number of pyridine rings is 1. The molecular weight excluding hydrogens is 113 g/mol. The van der Waals surface area contributed by atoms with Crippen molar-refractivity contribution in [2.75, 3.05) is 7.11 Å². The lowest BCUT2D eigenvalue weighted by molar-refractivity contribution is 0.398. The van der Waals surface area contributed by atoms with Gasteiger partial charge in [0.25, 0.3) is 0 Å². The molecule has 9 heavy (non-hydrogen) atoms. The molecule has 0 aromatic carbocycles. The highest BCUT2D eigenvalue weighted by Crippen LogP contribution is 1.98. The van der Waals surface area contributed by atoms with Gasteiger partial charge in [-0.1, -0.05) is 11.5 Å². The van der Waals surface area contributed by atoms with Crippen molar-refractivity contribution in [2.24, 2.45) is 0 Å². The van der Waals surface area contributed by atoms with Gasteiger partial charge in [-0.2, -0.15) is 0 Å². The maximum atomic E-state index is 4.86. The highest BCUT2D eigenvalue weighted by Gasteiger charge is 1.87. The lowest BCUT2D eigenvalue weighted by Gasteiger charge is -1.95. The molecule has 1 rings (SSSR count). The first-order chi connectivity index (χ1) is 4.33. The van der Waals surface area contributed by atoms with E-state index in [9.17, 15) is 0 Å². The highest BCUT2D eigenvalue weighted by atomic mass is 16.5. The first-order valence-corrected chi connectivity index (χ1v) is 2.79. The summed E-state index contributed by atoms with van der Waals surface area (Å²) in [7, 11) is 3.60. The molecule has 1 aromatic rings. The van der Waals surface area contributed by atoms with Crippen molar-refractivity contribution in [3.05, 3.63) is 18.3 Å². The molecule has 0 saturated heterocycles. The zero-order chi connectivity index (χ0) is 6.69. The SMILES string of the molecule is Bc1ccc(OC)nc1. The third-order valence-corrected chi connectivity index (χ3v) is 1.09. The van der Waals surface area contributed by atoms with Gasteiger partial charge in [-0.15, -0.1) is 0 Å². The number of hydrogen-bond donors (Lipinski definition) is 0. The summed E-state index contributed by atoms with van der Waals surface area (Å²) >= 11 is 0. The molecule has 0 fully saturated rings. The van der Waals surface area contributed by atoms with E-state index in [1.807, 2.05) is 20.0 Å². The number of aromatic nitrogens is 1. The van der Waals surface area contributed by atoms with Crippen LogP contribution in [0.15, 0.2) is 18.3 Å². The number of ether oxygens (including phenoxy) is 1. The van der Waals surface area contributed by atoms with Crippen molar-refractivity contribution in [2.45, 2.75) is 0 Å². The van der Waals surface area contributed by atoms with Gasteiger partial charge in [0.2, 0.25) is 5.88 Å². The van der Waals surface area contributed by atoms with Gasteiger partial charge < -0.3 is 4.74 Å². The Morgan fingerprint density at radius 2 is 2.33 bits per heavy atom. The molecule has 0 amide bonds. The van der Waals surface area contributed by atoms with Crippen LogP contribution in [-0.4, -0.2) is 19.9 Å². The van der Waals surface area contributed by atoms with E-state index in [4.69, 9.17) is 4.74 Å². The van der Waals surface area contributed by atoms with Crippen LogP contribution in [0, 0.1) is 0 Å². The van der Waals surface area contributed by atoms with Gasteiger partial charge in [0.1, 0.15) is 7.85 Å². The Hall–Kier alpha value is -0.985. The van der Waals surface area contributed by atoms with Gasteiger partial charge in [0, 0.05) is 6.20 Å². The van der Waals surface area contributed by atoms with E-state index in [1.54, 1.807) is 13.3 Å². The zero-order valence-electron chi connectivity index (χ0n) is 5.59. The Labute approximate surface area is 55.3 Å². The molecule has 46 valence electrons. The van der Waals surface area contributed by atoms with Crippen molar-refractivity contribution in [3.8, 4) is 5.88 Å². The molecule has 1 aromatic heterocycles. The molecule has 0 aliphatic rings. The zero-order valence-corrected chi connectivity index (χ0v) is 5.59. The van der Waals surface area contributed by atoms with E-state index < -0.39 is 0 Å². The average molecular weight is 121 g/mol. The molecule has 3 heteroatoms. The number of nitrogens with zero attached hydrogens (tertiary/aromatic N) is 1. The molecule has 0 atom stereocenters. The van der Waals surface area contributed by atoms with Gasteiger partial charge in [0.05, 0.1) is 7.11 Å². The smallest absolute Gasteiger partial charge is 0.212 e. The summed E-state index contributed by atoms with van der Waals surface area (Å²) in [6, 6.07) is 3.81. The minimum Gasteiger partial charge on any atom is -0.481 e. The summed E-state index contributed by atoms with van der Waals surface area (Å²) in [6.45, 7) is 0. The average Bonchev–Trinajstić information content (AvgIpc) is 1.90. The summed E-state index contributed by atoms with van der Waals surface area (Å²) in [5.74, 6) is 0.667. The van der Waals surface area contributed by atoms with Gasteiger partial charge in [-0.25, -0.2) is 4.98 Å². The fourth-order valence-electron chi connectivity index (χ4n) is 0.575. The minimum atomic E-state index is 0.667. The van der Waals surface area contributed by atoms with E-state index in [0.717, 1.165) is 5.46 Å². The fourth-order valence-corrected chi connectivity index (χ4v) is 0.575. The van der Waals surface area contributed by atoms with Gasteiger partial charge >= 0.3 is 0 Å². The van der Waals surface area contributed by atoms with Crippen LogP contribution in [0.5, 0.6) is 5.88 Å². The Morgan fingerprint density at radius 1 is 1.56 bits per heavy atom. The Balaban J connectivity index is 2.88. The van der Waals surface area contributed by atoms with E-state index in [-0.39, 0.29) is 0 Å². The van der Waals surface area contributed by atoms with Crippen LogP contribution in [0.25, 0.3) is 0 Å². The van der Waals surface area contributed by atoms with Gasteiger partial charge in [-0.05, 0) is 6.07 Å². The Morgan fingerprint density at radius 3 is 2.78 bits per heavy atom. The number of hydrogen-bond acceptors (Lipinski definition) is 2. The molecule has 1 heterocycles. The first kappa shape index (κ1) is 6.14. The van der Waals surface area contributed by atoms with E-state index in [0.29, 0.717) is 5.88 Å². The molecule has 0 unspecified atom stereocenters. The summed E-state index contributed by atoms with van der Waals surface area (Å²) in [6.07, 6.45) is 1.78. The van der Waals surface area contributed by atoms with Crippen LogP contribution in [0.2, 0.25) is 0 Å². The van der Waals surface area contributed by atoms with E-state index in [2.05, 4.69) is 4.98 Å². The molecule has 0 saturated carbocycles. The quantitative estimate of drug-likeness (QED) is 0.460. The lowest BCUT2D eigenvalue weighted by atomic mass is 9.99. The molecular formula is C6H8BNO. The number of methoxy groups -OCH3 is 1. The highest BCUT2D eigenvalue weighted by molar-refractivity contribution is 6.32. The molecule has 0 radical (unpaired) electrons. The van der Waals surface area contributed by atoms with Crippen molar-refractivity contribution in [1.29, 1.82) is 0 Å². The van der Waals surface area contributed by atoms with Crippen molar-refractivity contribution >= 4 is 13.3 Å². The van der Waals surface area contributed by atoms with Crippen LogP contribution in [0.4, 0.5) is 0 Å². The maximum absolute atomic E-state index is 4.86. The van der Waals surface area contributed by atoms with Crippen LogP contribution in [0.1, 0.15) is 0 Å². The predicted octanol–water partition coefficient (Wildman–Crippen LogP) is -0.651. The number of rotatable bonds is 1.